The number of carbonyl (C=O) groups is 1. The lowest BCUT2D eigenvalue weighted by Gasteiger charge is -2.34. The Morgan fingerprint density at radius 2 is 1.64 bits per heavy atom. The normalized spacial score (nSPS) is 14.0. The van der Waals surface area contributed by atoms with Gasteiger partial charge in [0.1, 0.15) is 11.5 Å². The van der Waals surface area contributed by atoms with Crippen LogP contribution in [0.5, 0.6) is 0 Å². The number of rotatable bonds is 7. The molecular formula is C34H37N7O. The topological polar surface area (TPSA) is 89.2 Å². The van der Waals surface area contributed by atoms with Crippen molar-refractivity contribution in [1.29, 1.82) is 0 Å². The molecule has 2 aromatic heterocycles. The number of fused-ring (bicyclic) bond motifs is 1. The average Bonchev–Trinajstić information content (AvgIpc) is 3.48. The zero-order valence-electron chi connectivity index (χ0n) is 24.6. The Kier molecular flexibility index (Phi) is 7.63. The number of hydrogen-bond acceptors (Lipinski definition) is 6. The minimum atomic E-state index is -0.145. The molecule has 1 saturated heterocycles. The molecule has 0 saturated carbocycles. The first-order valence-electron chi connectivity index (χ1n) is 14.5. The molecule has 1 aliphatic rings. The molecule has 8 nitrogen and oxygen atoms in total. The van der Waals surface area contributed by atoms with Crippen LogP contribution in [0.15, 0.2) is 79.0 Å². The Morgan fingerprint density at radius 3 is 2.36 bits per heavy atom. The number of carbonyl (C=O) groups excluding carboxylic acids is 1. The molecular weight excluding hydrogens is 522 g/mol. The number of aromatic amines is 1. The SMILES string of the molecule is Cc1c(NC(=O)c2ccc(C(C)C)cc2)cccc1-c1nc(Nc2ccc(N3CCN(C)CC3)cc2)c2cc[nH]c2n1. The Morgan fingerprint density at radius 1 is 0.905 bits per heavy atom. The zero-order chi connectivity index (χ0) is 29.2. The molecule has 1 aliphatic heterocycles. The minimum Gasteiger partial charge on any atom is -0.369 e. The summed E-state index contributed by atoms with van der Waals surface area (Å²) >= 11 is 0. The molecule has 0 aliphatic carbocycles. The average molecular weight is 560 g/mol. The molecule has 0 unspecified atom stereocenters. The number of nitrogens with zero attached hydrogens (tertiary/aromatic N) is 4. The predicted octanol–water partition coefficient (Wildman–Crippen LogP) is 6.80. The van der Waals surface area contributed by atoms with Crippen LogP contribution >= 0.6 is 0 Å². The summed E-state index contributed by atoms with van der Waals surface area (Å²) in [4.78, 5) is 30.9. The number of hydrogen-bond donors (Lipinski definition) is 3. The summed E-state index contributed by atoms with van der Waals surface area (Å²) in [5.41, 5.74) is 7.25. The van der Waals surface area contributed by atoms with Gasteiger partial charge in [-0.25, -0.2) is 9.97 Å². The zero-order valence-corrected chi connectivity index (χ0v) is 24.6. The highest BCUT2D eigenvalue weighted by molar-refractivity contribution is 6.05. The van der Waals surface area contributed by atoms with E-state index in [1.54, 1.807) is 0 Å². The van der Waals surface area contributed by atoms with Crippen LogP contribution < -0.4 is 15.5 Å². The van der Waals surface area contributed by atoms with Gasteiger partial charge in [-0.1, -0.05) is 38.1 Å². The Balaban J connectivity index is 1.25. The maximum absolute atomic E-state index is 13.1. The summed E-state index contributed by atoms with van der Waals surface area (Å²) in [5, 5.41) is 7.51. The molecule has 3 aromatic carbocycles. The Bertz CT molecular complexity index is 1700. The van der Waals surface area contributed by atoms with Crippen molar-refractivity contribution in [3.63, 3.8) is 0 Å². The predicted molar refractivity (Wildman–Crippen MR) is 172 cm³/mol. The van der Waals surface area contributed by atoms with E-state index in [2.05, 4.69) is 70.6 Å². The van der Waals surface area contributed by atoms with E-state index >= 15 is 0 Å². The number of anilines is 4. The van der Waals surface area contributed by atoms with Crippen LogP contribution in [0.1, 0.15) is 41.3 Å². The largest absolute Gasteiger partial charge is 0.369 e. The molecule has 1 amide bonds. The maximum Gasteiger partial charge on any atom is 0.255 e. The van der Waals surface area contributed by atoms with E-state index in [4.69, 9.17) is 9.97 Å². The molecule has 6 rings (SSSR count). The quantitative estimate of drug-likeness (QED) is 0.203. The van der Waals surface area contributed by atoms with E-state index in [0.717, 1.165) is 65.5 Å². The van der Waals surface area contributed by atoms with Crippen molar-refractivity contribution in [3.05, 3.63) is 95.7 Å². The monoisotopic (exact) mass is 559 g/mol. The number of benzene rings is 3. The lowest BCUT2D eigenvalue weighted by molar-refractivity contribution is 0.102. The molecule has 0 spiro atoms. The van der Waals surface area contributed by atoms with Crippen LogP contribution in [0.25, 0.3) is 22.4 Å². The van der Waals surface area contributed by atoms with E-state index in [1.165, 1.54) is 11.3 Å². The van der Waals surface area contributed by atoms with Crippen LogP contribution in [0, 0.1) is 6.92 Å². The van der Waals surface area contributed by atoms with Crippen molar-refractivity contribution >= 4 is 39.8 Å². The van der Waals surface area contributed by atoms with Crippen molar-refractivity contribution in [2.24, 2.45) is 0 Å². The fourth-order valence-corrected chi connectivity index (χ4v) is 5.34. The number of likely N-dealkylation sites (N-methyl/N-ethyl adjacent to an activating group) is 1. The van der Waals surface area contributed by atoms with Crippen molar-refractivity contribution in [1.82, 2.24) is 19.9 Å². The fraction of sp³-hybridized carbons (Fsp3) is 0.265. The van der Waals surface area contributed by atoms with Crippen molar-refractivity contribution in [2.75, 3.05) is 48.8 Å². The highest BCUT2D eigenvalue weighted by atomic mass is 16.1. The summed E-state index contributed by atoms with van der Waals surface area (Å²) in [5.74, 6) is 1.58. The fourth-order valence-electron chi connectivity index (χ4n) is 5.34. The standard InChI is InChI=1S/C34H37N7O/c1-22(2)24-8-10-25(11-9-24)34(42)37-30-7-5-6-28(23(30)3)32-38-31-29(16-17-35-31)33(39-32)36-26-12-14-27(15-13-26)41-20-18-40(4)19-21-41/h5-17,22H,18-21H2,1-4H3,(H,37,42)(H2,35,36,38,39). The first kappa shape index (κ1) is 27.5. The number of piperazine rings is 1. The second kappa shape index (κ2) is 11.7. The molecule has 5 aromatic rings. The Hall–Kier alpha value is -4.69. The van der Waals surface area contributed by atoms with Crippen LogP contribution in [0.2, 0.25) is 0 Å². The van der Waals surface area contributed by atoms with Gasteiger partial charge in [0.05, 0.1) is 5.39 Å². The van der Waals surface area contributed by atoms with Gasteiger partial charge >= 0.3 is 0 Å². The van der Waals surface area contributed by atoms with Gasteiger partial charge < -0.3 is 25.4 Å². The summed E-state index contributed by atoms with van der Waals surface area (Å²) in [6.45, 7) is 10.5. The molecule has 1 fully saturated rings. The van der Waals surface area contributed by atoms with Gasteiger partial charge in [-0.05, 0) is 79.5 Å². The second-order valence-corrected chi connectivity index (χ2v) is 11.3. The van der Waals surface area contributed by atoms with Gasteiger partial charge in [0, 0.05) is 60.6 Å². The smallest absolute Gasteiger partial charge is 0.255 e. The minimum absolute atomic E-state index is 0.145. The van der Waals surface area contributed by atoms with Gasteiger partial charge in [-0.3, -0.25) is 4.79 Å². The van der Waals surface area contributed by atoms with E-state index in [-0.39, 0.29) is 5.91 Å². The molecule has 42 heavy (non-hydrogen) atoms. The molecule has 0 atom stereocenters. The third-order valence-electron chi connectivity index (χ3n) is 8.08. The summed E-state index contributed by atoms with van der Waals surface area (Å²) in [6.07, 6.45) is 1.87. The van der Waals surface area contributed by atoms with E-state index in [9.17, 15) is 4.79 Å². The highest BCUT2D eigenvalue weighted by Gasteiger charge is 2.17. The van der Waals surface area contributed by atoms with E-state index in [0.29, 0.717) is 17.3 Å². The van der Waals surface area contributed by atoms with Crippen molar-refractivity contribution in [2.45, 2.75) is 26.7 Å². The second-order valence-electron chi connectivity index (χ2n) is 11.3. The maximum atomic E-state index is 13.1. The molecule has 0 bridgehead atoms. The van der Waals surface area contributed by atoms with Crippen LogP contribution in [-0.2, 0) is 0 Å². The third kappa shape index (κ3) is 5.71. The first-order chi connectivity index (χ1) is 20.4. The van der Waals surface area contributed by atoms with Gasteiger partial charge in [-0.2, -0.15) is 0 Å². The number of amides is 1. The van der Waals surface area contributed by atoms with Crippen LogP contribution in [0.4, 0.5) is 22.9 Å². The van der Waals surface area contributed by atoms with Crippen molar-refractivity contribution in [3.8, 4) is 11.4 Å². The van der Waals surface area contributed by atoms with Gasteiger partial charge in [0.2, 0.25) is 0 Å². The van der Waals surface area contributed by atoms with Crippen molar-refractivity contribution < 1.29 is 4.79 Å². The molecule has 3 heterocycles. The van der Waals surface area contributed by atoms with E-state index in [1.807, 2.05) is 61.7 Å². The van der Waals surface area contributed by atoms with Gasteiger partial charge in [0.25, 0.3) is 5.91 Å². The summed E-state index contributed by atoms with van der Waals surface area (Å²) < 4.78 is 0. The molecule has 8 heteroatoms. The molecule has 0 radical (unpaired) electrons. The molecule has 214 valence electrons. The lowest BCUT2D eigenvalue weighted by Crippen LogP contribution is -2.44. The first-order valence-corrected chi connectivity index (χ1v) is 14.5. The third-order valence-corrected chi connectivity index (χ3v) is 8.08. The number of aromatic nitrogens is 3. The van der Waals surface area contributed by atoms with Crippen LogP contribution in [0.3, 0.4) is 0 Å². The summed E-state index contributed by atoms with van der Waals surface area (Å²) in [6, 6.07) is 24.1. The molecule has 3 N–H and O–H groups in total. The number of H-pyrrole nitrogens is 1. The number of nitrogens with one attached hydrogen (secondary N) is 3. The lowest BCUT2D eigenvalue weighted by atomic mass is 10.0. The van der Waals surface area contributed by atoms with E-state index < -0.39 is 0 Å². The van der Waals surface area contributed by atoms with Gasteiger partial charge in [-0.15, -0.1) is 0 Å². The highest BCUT2D eigenvalue weighted by Crippen LogP contribution is 2.31. The Labute approximate surface area is 246 Å². The van der Waals surface area contributed by atoms with Crippen LogP contribution in [-0.4, -0.2) is 59.0 Å². The summed E-state index contributed by atoms with van der Waals surface area (Å²) in [7, 11) is 2.17. The van der Waals surface area contributed by atoms with Gasteiger partial charge in [0.15, 0.2) is 5.82 Å².